The predicted octanol–water partition coefficient (Wildman–Crippen LogP) is 0.670. The van der Waals surface area contributed by atoms with Crippen LogP contribution in [0.4, 0.5) is 0 Å². The first-order valence-corrected chi connectivity index (χ1v) is 4.14. The Morgan fingerprint density at radius 3 is 2.33 bits per heavy atom. The summed E-state index contributed by atoms with van der Waals surface area (Å²) in [6.45, 7) is -0.0942. The van der Waals surface area contributed by atoms with E-state index in [1.54, 1.807) is 30.3 Å². The van der Waals surface area contributed by atoms with Crippen LogP contribution in [0.1, 0.15) is 16.8 Å². The van der Waals surface area contributed by atoms with E-state index in [0.717, 1.165) is 0 Å². The fraction of sp³-hybridized carbons (Fsp3) is 0.200. The van der Waals surface area contributed by atoms with Crippen molar-refractivity contribution < 1.29 is 19.4 Å². The zero-order valence-corrected chi connectivity index (χ0v) is 7.47. The van der Waals surface area contributed by atoms with Gasteiger partial charge in [0.15, 0.2) is 0 Å². The quantitative estimate of drug-likeness (QED) is 0.596. The molecular formula is C10H11NaO4. The van der Waals surface area contributed by atoms with Gasteiger partial charge in [-0.3, -0.25) is 4.79 Å². The summed E-state index contributed by atoms with van der Waals surface area (Å²) in [7, 11) is 0. The summed E-state index contributed by atoms with van der Waals surface area (Å²) in [4.78, 5) is 21.3. The van der Waals surface area contributed by atoms with Gasteiger partial charge in [0.2, 0.25) is 0 Å². The van der Waals surface area contributed by atoms with Gasteiger partial charge < -0.3 is 9.84 Å². The molecule has 76 valence electrons. The van der Waals surface area contributed by atoms with Crippen molar-refractivity contribution in [3.05, 3.63) is 35.9 Å². The van der Waals surface area contributed by atoms with Gasteiger partial charge in [0, 0.05) is 0 Å². The molecule has 0 fully saturated rings. The van der Waals surface area contributed by atoms with Gasteiger partial charge in [-0.05, 0) is 12.1 Å². The molecule has 1 rings (SSSR count). The van der Waals surface area contributed by atoms with Crippen LogP contribution < -0.4 is 0 Å². The molecule has 5 heteroatoms. The first kappa shape index (κ1) is 14.2. The SMILES string of the molecule is O=C(O)CCOC(=O)c1ccccc1.[NaH]. The van der Waals surface area contributed by atoms with Gasteiger partial charge in [0.1, 0.15) is 6.61 Å². The summed E-state index contributed by atoms with van der Waals surface area (Å²) in [5.74, 6) is -1.47. The summed E-state index contributed by atoms with van der Waals surface area (Å²) in [5, 5.41) is 8.31. The fourth-order valence-corrected chi connectivity index (χ4v) is 0.889. The zero-order valence-electron chi connectivity index (χ0n) is 7.47. The average molecular weight is 218 g/mol. The van der Waals surface area contributed by atoms with Crippen LogP contribution in [0.3, 0.4) is 0 Å². The van der Waals surface area contributed by atoms with Gasteiger partial charge in [-0.1, -0.05) is 18.2 Å². The van der Waals surface area contributed by atoms with Gasteiger partial charge in [0.05, 0.1) is 12.0 Å². The predicted molar refractivity (Wildman–Crippen MR) is 56.1 cm³/mol. The van der Waals surface area contributed by atoms with Crippen molar-refractivity contribution in [3.63, 3.8) is 0 Å². The molecule has 0 unspecified atom stereocenters. The second kappa shape index (κ2) is 7.45. The fourth-order valence-electron chi connectivity index (χ4n) is 0.889. The number of hydrogen-bond donors (Lipinski definition) is 1. The van der Waals surface area contributed by atoms with Crippen LogP contribution in [0.25, 0.3) is 0 Å². The van der Waals surface area contributed by atoms with E-state index in [4.69, 9.17) is 9.84 Å². The Bertz CT molecular complexity index is 323. The van der Waals surface area contributed by atoms with Crippen LogP contribution in [0.2, 0.25) is 0 Å². The first-order chi connectivity index (χ1) is 6.70. The molecule has 15 heavy (non-hydrogen) atoms. The second-order valence-electron chi connectivity index (χ2n) is 2.65. The summed E-state index contributed by atoms with van der Waals surface area (Å²) in [6.07, 6.45) is -0.168. The molecular weight excluding hydrogens is 207 g/mol. The first-order valence-electron chi connectivity index (χ1n) is 4.14. The number of carboxylic acids is 1. The van der Waals surface area contributed by atoms with E-state index in [0.29, 0.717) is 5.56 Å². The van der Waals surface area contributed by atoms with Crippen LogP contribution in [0.5, 0.6) is 0 Å². The molecule has 0 atom stereocenters. The molecule has 1 aromatic carbocycles. The van der Waals surface area contributed by atoms with E-state index in [1.807, 2.05) is 0 Å². The molecule has 0 amide bonds. The third-order valence-corrected chi connectivity index (χ3v) is 1.56. The molecule has 0 heterocycles. The van der Waals surface area contributed by atoms with Gasteiger partial charge in [-0.2, -0.15) is 0 Å². The number of rotatable bonds is 4. The molecule has 0 saturated heterocycles. The molecule has 4 nitrogen and oxygen atoms in total. The number of ether oxygens (including phenoxy) is 1. The van der Waals surface area contributed by atoms with Crippen molar-refractivity contribution in [2.75, 3.05) is 6.61 Å². The van der Waals surface area contributed by atoms with E-state index in [9.17, 15) is 9.59 Å². The number of benzene rings is 1. The van der Waals surface area contributed by atoms with E-state index < -0.39 is 11.9 Å². The number of esters is 1. The number of carbonyl (C=O) groups excluding carboxylic acids is 1. The topological polar surface area (TPSA) is 63.6 Å². The molecule has 0 bridgehead atoms. The Labute approximate surface area is 110 Å². The summed E-state index contributed by atoms with van der Waals surface area (Å²) < 4.78 is 4.72. The second-order valence-corrected chi connectivity index (χ2v) is 2.65. The van der Waals surface area contributed by atoms with Crippen LogP contribution in [-0.4, -0.2) is 53.2 Å². The maximum atomic E-state index is 11.2. The Kier molecular flexibility index (Phi) is 7.03. The summed E-state index contributed by atoms with van der Waals surface area (Å²) in [6, 6.07) is 8.45. The molecule has 0 radical (unpaired) electrons. The molecule has 0 aliphatic rings. The van der Waals surface area contributed by atoms with Crippen LogP contribution >= 0.6 is 0 Å². The van der Waals surface area contributed by atoms with Gasteiger partial charge in [0.25, 0.3) is 0 Å². The Morgan fingerprint density at radius 2 is 1.80 bits per heavy atom. The Balaban J connectivity index is 0.00000196. The summed E-state index contributed by atoms with van der Waals surface area (Å²) >= 11 is 0. The third kappa shape index (κ3) is 5.57. The van der Waals surface area contributed by atoms with Gasteiger partial charge >= 0.3 is 41.5 Å². The molecule has 0 aliphatic heterocycles. The Hall–Kier alpha value is -0.840. The third-order valence-electron chi connectivity index (χ3n) is 1.56. The van der Waals surface area contributed by atoms with Crippen LogP contribution in [0, 0.1) is 0 Å². The summed E-state index contributed by atoms with van der Waals surface area (Å²) in [5.41, 5.74) is 0.429. The van der Waals surface area contributed by atoms with Crippen molar-refractivity contribution in [1.29, 1.82) is 0 Å². The zero-order chi connectivity index (χ0) is 10.4. The number of carbonyl (C=O) groups is 2. The van der Waals surface area contributed by atoms with E-state index >= 15 is 0 Å². The van der Waals surface area contributed by atoms with Crippen molar-refractivity contribution >= 4 is 41.5 Å². The molecule has 1 aromatic rings. The monoisotopic (exact) mass is 218 g/mol. The minimum atomic E-state index is -0.981. The standard InChI is InChI=1S/C10H10O4.Na.H/c11-9(12)6-7-14-10(13)8-4-2-1-3-5-8;;/h1-5H,6-7H2,(H,11,12);;. The van der Waals surface area contributed by atoms with Crippen molar-refractivity contribution in [3.8, 4) is 0 Å². The van der Waals surface area contributed by atoms with Crippen molar-refractivity contribution in [2.24, 2.45) is 0 Å². The molecule has 0 aliphatic carbocycles. The molecule has 1 N–H and O–H groups in total. The average Bonchev–Trinajstić information content (AvgIpc) is 2.18. The Morgan fingerprint density at radius 1 is 1.20 bits per heavy atom. The molecule has 0 saturated carbocycles. The normalized spacial score (nSPS) is 8.80. The molecule has 0 aromatic heterocycles. The van der Waals surface area contributed by atoms with Gasteiger partial charge in [-0.15, -0.1) is 0 Å². The number of hydrogen-bond acceptors (Lipinski definition) is 3. The van der Waals surface area contributed by atoms with Crippen LogP contribution in [0.15, 0.2) is 30.3 Å². The molecule has 0 spiro atoms. The number of carboxylic acid groups (broad SMARTS) is 1. The van der Waals surface area contributed by atoms with Crippen molar-refractivity contribution in [2.45, 2.75) is 6.42 Å². The van der Waals surface area contributed by atoms with E-state index in [-0.39, 0.29) is 42.6 Å². The number of aliphatic carboxylic acids is 1. The van der Waals surface area contributed by atoms with Crippen molar-refractivity contribution in [1.82, 2.24) is 0 Å². The van der Waals surface area contributed by atoms with Crippen LogP contribution in [-0.2, 0) is 9.53 Å². The van der Waals surface area contributed by atoms with Gasteiger partial charge in [-0.25, -0.2) is 4.79 Å². The maximum absolute atomic E-state index is 11.2. The van der Waals surface area contributed by atoms with E-state index in [1.165, 1.54) is 0 Å². The van der Waals surface area contributed by atoms with E-state index in [2.05, 4.69) is 0 Å². The minimum absolute atomic E-state index is 0.